The van der Waals surface area contributed by atoms with Crippen LogP contribution in [-0.2, 0) is 26.0 Å². The van der Waals surface area contributed by atoms with Gasteiger partial charge in [-0.15, -0.1) is 0 Å². The van der Waals surface area contributed by atoms with Crippen LogP contribution in [0.2, 0.25) is 0 Å². The molecule has 4 rings (SSSR count). The highest BCUT2D eigenvalue weighted by atomic mass is 32.2. The number of nitrogens with zero attached hydrogens (tertiary/aromatic N) is 5. The Kier molecular flexibility index (Phi) is 10.5. The molecule has 3 heterocycles. The van der Waals surface area contributed by atoms with Gasteiger partial charge in [0, 0.05) is 44.1 Å². The number of amides is 1. The molecule has 3 aromatic rings. The van der Waals surface area contributed by atoms with Gasteiger partial charge in [0.15, 0.2) is 10.8 Å². The summed E-state index contributed by atoms with van der Waals surface area (Å²) < 4.78 is 39.4. The summed E-state index contributed by atoms with van der Waals surface area (Å²) in [6, 6.07) is 5.98. The highest BCUT2D eigenvalue weighted by Crippen LogP contribution is 2.25. The van der Waals surface area contributed by atoms with Crippen molar-refractivity contribution in [2.75, 3.05) is 63.7 Å². The molecule has 2 N–H and O–H groups in total. The van der Waals surface area contributed by atoms with Gasteiger partial charge in [0.25, 0.3) is 5.91 Å². The number of carbonyl (C=O) groups is 1. The molecule has 0 spiro atoms. The standard InChI is InChI=1S/C25H35N7O5S2/c1-3-17-38-25-29-22(26-10-14-36-4-2)21-18-28-32(23(21)30-25)11-9-27-24(33)19-5-7-20(8-6-19)39(34,35)31-12-15-37-16-13-31/h5-8,18H,3-4,9-17H2,1-2H3,(H,27,33)(H,26,29,30). The molecule has 0 aliphatic carbocycles. The summed E-state index contributed by atoms with van der Waals surface area (Å²) in [7, 11) is -3.61. The molecule has 2 aromatic heterocycles. The Morgan fingerprint density at radius 3 is 2.62 bits per heavy atom. The van der Waals surface area contributed by atoms with Crippen molar-refractivity contribution in [2.24, 2.45) is 0 Å². The van der Waals surface area contributed by atoms with Crippen LogP contribution in [0.15, 0.2) is 40.5 Å². The zero-order valence-electron chi connectivity index (χ0n) is 22.3. The number of fused-ring (bicyclic) bond motifs is 1. The number of nitrogens with one attached hydrogen (secondary N) is 2. The van der Waals surface area contributed by atoms with Crippen molar-refractivity contribution < 1.29 is 22.7 Å². The van der Waals surface area contributed by atoms with Gasteiger partial charge in [0.1, 0.15) is 5.82 Å². The third kappa shape index (κ3) is 7.45. The highest BCUT2D eigenvalue weighted by Gasteiger charge is 2.26. The summed E-state index contributed by atoms with van der Waals surface area (Å²) in [5.74, 6) is 1.32. The van der Waals surface area contributed by atoms with Gasteiger partial charge in [0.05, 0.1) is 42.8 Å². The van der Waals surface area contributed by atoms with E-state index in [1.807, 2.05) is 6.92 Å². The fraction of sp³-hybridized carbons (Fsp3) is 0.520. The largest absolute Gasteiger partial charge is 0.380 e. The first-order valence-corrected chi connectivity index (χ1v) is 15.5. The lowest BCUT2D eigenvalue weighted by Crippen LogP contribution is -2.40. The van der Waals surface area contributed by atoms with Crippen LogP contribution in [0, 0.1) is 0 Å². The van der Waals surface area contributed by atoms with Gasteiger partial charge in [-0.05, 0) is 37.6 Å². The molecule has 0 bridgehead atoms. The third-order valence-corrected chi connectivity index (χ3v) is 8.95. The van der Waals surface area contributed by atoms with Crippen LogP contribution in [-0.4, -0.2) is 96.7 Å². The van der Waals surface area contributed by atoms with E-state index in [0.717, 1.165) is 17.6 Å². The van der Waals surface area contributed by atoms with Crippen molar-refractivity contribution in [1.29, 1.82) is 0 Å². The van der Waals surface area contributed by atoms with Crippen LogP contribution in [0.5, 0.6) is 0 Å². The van der Waals surface area contributed by atoms with E-state index in [2.05, 4.69) is 27.6 Å². The van der Waals surface area contributed by atoms with Crippen LogP contribution in [0.3, 0.4) is 0 Å². The monoisotopic (exact) mass is 577 g/mol. The Bertz CT molecular complexity index is 1340. The fourth-order valence-corrected chi connectivity index (χ4v) is 6.07. The van der Waals surface area contributed by atoms with Gasteiger partial charge in [0.2, 0.25) is 10.0 Å². The molecule has 0 saturated carbocycles. The van der Waals surface area contributed by atoms with E-state index >= 15 is 0 Å². The van der Waals surface area contributed by atoms with Crippen LogP contribution < -0.4 is 10.6 Å². The second-order valence-corrected chi connectivity index (χ2v) is 11.7. The molecule has 1 aliphatic rings. The number of morpholine rings is 1. The van der Waals surface area contributed by atoms with E-state index in [1.165, 1.54) is 28.6 Å². The van der Waals surface area contributed by atoms with Gasteiger partial charge in [-0.1, -0.05) is 18.7 Å². The maximum Gasteiger partial charge on any atom is 0.251 e. The van der Waals surface area contributed by atoms with Gasteiger partial charge in [-0.25, -0.2) is 23.1 Å². The summed E-state index contributed by atoms with van der Waals surface area (Å²) in [6.45, 7) is 8.02. The van der Waals surface area contributed by atoms with Gasteiger partial charge >= 0.3 is 0 Å². The summed E-state index contributed by atoms with van der Waals surface area (Å²) >= 11 is 1.59. The van der Waals surface area contributed by atoms with Crippen LogP contribution >= 0.6 is 11.8 Å². The smallest absolute Gasteiger partial charge is 0.251 e. The first kappa shape index (κ1) is 29.2. The molecular formula is C25H35N7O5S2. The average molecular weight is 578 g/mol. The van der Waals surface area contributed by atoms with Crippen molar-refractivity contribution in [2.45, 2.75) is 36.9 Å². The topological polar surface area (TPSA) is 141 Å². The summed E-state index contributed by atoms with van der Waals surface area (Å²) in [6.07, 6.45) is 2.73. The predicted octanol–water partition coefficient (Wildman–Crippen LogP) is 2.23. The molecule has 1 amide bonds. The molecule has 1 aliphatic heterocycles. The van der Waals surface area contributed by atoms with Crippen LogP contribution in [0.1, 0.15) is 30.6 Å². The second-order valence-electron chi connectivity index (χ2n) is 8.73. The number of rotatable bonds is 14. The van der Waals surface area contributed by atoms with E-state index in [-0.39, 0.29) is 10.8 Å². The number of benzene rings is 1. The normalized spacial score (nSPS) is 14.5. The number of thioether (sulfide) groups is 1. The summed E-state index contributed by atoms with van der Waals surface area (Å²) in [5.41, 5.74) is 1.07. The zero-order valence-corrected chi connectivity index (χ0v) is 23.9. The quantitative estimate of drug-likeness (QED) is 0.166. The van der Waals surface area contributed by atoms with E-state index in [9.17, 15) is 13.2 Å². The second kappa shape index (κ2) is 14.0. The maximum absolute atomic E-state index is 12.8. The number of hydrogen-bond donors (Lipinski definition) is 2. The Balaban J connectivity index is 1.39. The van der Waals surface area contributed by atoms with Crippen molar-refractivity contribution >= 4 is 44.5 Å². The molecule has 0 radical (unpaired) electrons. The predicted molar refractivity (Wildman–Crippen MR) is 150 cm³/mol. The minimum Gasteiger partial charge on any atom is -0.380 e. The molecule has 1 saturated heterocycles. The number of ether oxygens (including phenoxy) is 2. The van der Waals surface area contributed by atoms with Gasteiger partial charge < -0.3 is 20.1 Å². The molecule has 1 fully saturated rings. The molecule has 12 nitrogen and oxygen atoms in total. The fourth-order valence-electron chi connectivity index (χ4n) is 3.97. The Labute approximate surface area is 232 Å². The number of sulfonamides is 1. The van der Waals surface area contributed by atoms with Crippen molar-refractivity contribution in [3.63, 3.8) is 0 Å². The third-order valence-electron chi connectivity index (χ3n) is 5.99. The zero-order chi connectivity index (χ0) is 27.7. The maximum atomic E-state index is 12.8. The summed E-state index contributed by atoms with van der Waals surface area (Å²) in [4.78, 5) is 22.3. The average Bonchev–Trinajstić information content (AvgIpc) is 3.37. The number of anilines is 1. The molecule has 1 aromatic carbocycles. The summed E-state index contributed by atoms with van der Waals surface area (Å²) in [5, 5.41) is 12.1. The molecule has 0 unspecified atom stereocenters. The van der Waals surface area contributed by atoms with E-state index in [4.69, 9.17) is 14.5 Å². The van der Waals surface area contributed by atoms with E-state index in [1.54, 1.807) is 22.6 Å². The number of hydrogen-bond acceptors (Lipinski definition) is 10. The van der Waals surface area contributed by atoms with Gasteiger partial charge in [-0.3, -0.25) is 4.79 Å². The molecule has 14 heteroatoms. The number of aromatic nitrogens is 4. The van der Waals surface area contributed by atoms with Crippen molar-refractivity contribution in [3.8, 4) is 0 Å². The van der Waals surface area contributed by atoms with Gasteiger partial charge in [-0.2, -0.15) is 9.40 Å². The first-order chi connectivity index (χ1) is 18.9. The van der Waals surface area contributed by atoms with E-state index in [0.29, 0.717) is 81.3 Å². The molecule has 212 valence electrons. The van der Waals surface area contributed by atoms with E-state index < -0.39 is 10.0 Å². The Morgan fingerprint density at radius 2 is 1.90 bits per heavy atom. The Morgan fingerprint density at radius 1 is 1.13 bits per heavy atom. The number of carbonyl (C=O) groups excluding carboxylic acids is 1. The van der Waals surface area contributed by atoms with Crippen molar-refractivity contribution in [3.05, 3.63) is 36.0 Å². The lowest BCUT2D eigenvalue weighted by atomic mass is 10.2. The van der Waals surface area contributed by atoms with Crippen LogP contribution in [0.25, 0.3) is 11.0 Å². The Hall–Kier alpha value is -2.78. The minimum atomic E-state index is -3.61. The highest BCUT2D eigenvalue weighted by molar-refractivity contribution is 7.99. The minimum absolute atomic E-state index is 0.158. The molecule has 39 heavy (non-hydrogen) atoms. The lowest BCUT2D eigenvalue weighted by Gasteiger charge is -2.26. The SMILES string of the molecule is CCCSc1nc(NCCOCC)c2cnn(CCNC(=O)c3ccc(S(=O)(=O)N4CCOCC4)cc3)c2n1. The molecular weight excluding hydrogens is 542 g/mol. The first-order valence-electron chi connectivity index (χ1n) is 13.1. The van der Waals surface area contributed by atoms with Crippen LogP contribution in [0.4, 0.5) is 5.82 Å². The lowest BCUT2D eigenvalue weighted by molar-refractivity contribution is 0.0730. The van der Waals surface area contributed by atoms with Crippen molar-refractivity contribution in [1.82, 2.24) is 29.4 Å². The molecule has 0 atom stereocenters.